The molecule has 1 aromatic heterocycles. The maximum Gasteiger partial charge on any atom is 0.243 e. The molecule has 3 rings (SSSR count). The number of carbonyl (C=O) groups excluding carboxylic acids is 2. The molecule has 42 heavy (non-hydrogen) atoms. The molecule has 0 saturated carbocycles. The number of aryl methyl sites for hydroxylation is 1. The predicted octanol–water partition coefficient (Wildman–Crippen LogP) is 4.95. The lowest BCUT2D eigenvalue weighted by Crippen LogP contribution is -2.63. The van der Waals surface area contributed by atoms with E-state index in [1.165, 1.54) is 38.5 Å². The molecule has 0 spiro atoms. The normalized spacial score (nSPS) is 19.8. The Morgan fingerprint density at radius 2 is 1.67 bits per heavy atom. The van der Waals surface area contributed by atoms with Crippen LogP contribution >= 0.6 is 11.3 Å². The zero-order valence-electron chi connectivity index (χ0n) is 26.2. The predicted molar refractivity (Wildman–Crippen MR) is 172 cm³/mol. The van der Waals surface area contributed by atoms with Crippen molar-refractivity contribution >= 4 is 23.2 Å². The monoisotopic (exact) mass is 599 g/mol. The SMILES string of the molecule is Cc1ncsc1-c1ccc(CC2(C(N)=O)CC(O)CN2C(=O)C(NCCCCCCCCCCCN)C(C)(C)C)cc1. The molecule has 0 radical (unpaired) electrons. The number of nitrogens with one attached hydrogen (secondary N) is 1. The summed E-state index contributed by atoms with van der Waals surface area (Å²) >= 11 is 1.59. The zero-order chi connectivity index (χ0) is 30.8. The van der Waals surface area contributed by atoms with Crippen molar-refractivity contribution in [3.05, 3.63) is 41.0 Å². The fourth-order valence-electron chi connectivity index (χ4n) is 6.10. The first-order valence-corrected chi connectivity index (χ1v) is 16.6. The third kappa shape index (κ3) is 9.09. The molecule has 2 heterocycles. The van der Waals surface area contributed by atoms with Crippen LogP contribution in [0.5, 0.6) is 0 Å². The molecule has 3 unspecified atom stereocenters. The van der Waals surface area contributed by atoms with E-state index < -0.39 is 23.6 Å². The summed E-state index contributed by atoms with van der Waals surface area (Å²) in [6, 6.07) is 7.49. The number of carbonyl (C=O) groups is 2. The van der Waals surface area contributed by atoms with E-state index in [4.69, 9.17) is 11.5 Å². The van der Waals surface area contributed by atoms with E-state index in [1.54, 1.807) is 16.2 Å². The number of aromatic nitrogens is 1. The molecule has 0 aliphatic carbocycles. The van der Waals surface area contributed by atoms with Crippen molar-refractivity contribution in [3.8, 4) is 10.4 Å². The summed E-state index contributed by atoms with van der Waals surface area (Å²) in [6.45, 7) is 9.69. The molecule has 1 aliphatic rings. The molecule has 3 atom stereocenters. The van der Waals surface area contributed by atoms with Gasteiger partial charge in [0.15, 0.2) is 0 Å². The second kappa shape index (κ2) is 15.9. The Labute approximate surface area is 256 Å². The van der Waals surface area contributed by atoms with Crippen molar-refractivity contribution < 1.29 is 14.7 Å². The van der Waals surface area contributed by atoms with Gasteiger partial charge in [-0.1, -0.05) is 90.0 Å². The number of rotatable bonds is 17. The minimum atomic E-state index is -1.28. The number of likely N-dealkylation sites (tertiary alicyclic amines) is 1. The Bertz CT molecular complexity index is 1130. The number of nitrogens with zero attached hydrogens (tertiary/aromatic N) is 2. The second-order valence-corrected chi connectivity index (χ2v) is 13.9. The van der Waals surface area contributed by atoms with Crippen LogP contribution in [0.25, 0.3) is 10.4 Å². The van der Waals surface area contributed by atoms with E-state index >= 15 is 0 Å². The average Bonchev–Trinajstić information content (AvgIpc) is 3.52. The molecule has 1 fully saturated rings. The number of aliphatic hydroxyl groups is 1. The Kier molecular flexibility index (Phi) is 13.0. The van der Waals surface area contributed by atoms with Crippen LogP contribution in [0.15, 0.2) is 29.8 Å². The molecule has 8 nitrogen and oxygen atoms in total. The highest BCUT2D eigenvalue weighted by Crippen LogP contribution is 2.36. The van der Waals surface area contributed by atoms with Crippen LogP contribution in [0.4, 0.5) is 0 Å². The summed E-state index contributed by atoms with van der Waals surface area (Å²) in [5, 5.41) is 14.2. The third-order valence-corrected chi connectivity index (χ3v) is 9.49. The van der Waals surface area contributed by atoms with Gasteiger partial charge < -0.3 is 26.8 Å². The number of aliphatic hydroxyl groups excluding tert-OH is 1. The summed E-state index contributed by atoms with van der Waals surface area (Å²) in [5.41, 5.74) is 14.7. The van der Waals surface area contributed by atoms with Gasteiger partial charge in [0.25, 0.3) is 0 Å². The topological polar surface area (TPSA) is 135 Å². The minimum Gasteiger partial charge on any atom is -0.391 e. The number of benzene rings is 1. The maximum absolute atomic E-state index is 14.1. The summed E-state index contributed by atoms with van der Waals surface area (Å²) in [5.74, 6) is -0.752. The van der Waals surface area contributed by atoms with Crippen LogP contribution in [0.3, 0.4) is 0 Å². The van der Waals surface area contributed by atoms with E-state index in [0.717, 1.165) is 54.0 Å². The zero-order valence-corrected chi connectivity index (χ0v) is 27.0. The van der Waals surface area contributed by atoms with Gasteiger partial charge in [-0.05, 0) is 49.4 Å². The Morgan fingerprint density at radius 3 is 2.19 bits per heavy atom. The lowest BCUT2D eigenvalue weighted by molar-refractivity contribution is -0.147. The van der Waals surface area contributed by atoms with Gasteiger partial charge in [0.2, 0.25) is 11.8 Å². The number of primary amides is 1. The van der Waals surface area contributed by atoms with Crippen molar-refractivity contribution in [2.24, 2.45) is 16.9 Å². The number of hydrogen-bond acceptors (Lipinski definition) is 7. The molecule has 6 N–H and O–H groups in total. The van der Waals surface area contributed by atoms with Crippen molar-refractivity contribution in [2.75, 3.05) is 19.6 Å². The number of unbranched alkanes of at least 4 members (excludes halogenated alkanes) is 8. The Hall–Kier alpha value is -2.33. The highest BCUT2D eigenvalue weighted by atomic mass is 32.1. The molecular weight excluding hydrogens is 546 g/mol. The summed E-state index contributed by atoms with van der Waals surface area (Å²) < 4.78 is 0. The smallest absolute Gasteiger partial charge is 0.243 e. The molecule has 1 aliphatic heterocycles. The van der Waals surface area contributed by atoms with E-state index in [9.17, 15) is 14.7 Å². The van der Waals surface area contributed by atoms with Crippen molar-refractivity contribution in [1.29, 1.82) is 0 Å². The maximum atomic E-state index is 14.1. The lowest BCUT2D eigenvalue weighted by Gasteiger charge is -2.41. The summed E-state index contributed by atoms with van der Waals surface area (Å²) in [4.78, 5) is 34.3. The summed E-state index contributed by atoms with van der Waals surface area (Å²) in [7, 11) is 0. The van der Waals surface area contributed by atoms with Gasteiger partial charge in [-0.25, -0.2) is 4.98 Å². The highest BCUT2D eigenvalue weighted by molar-refractivity contribution is 7.13. The van der Waals surface area contributed by atoms with Gasteiger partial charge >= 0.3 is 0 Å². The molecular formula is C33H53N5O3S. The fourth-order valence-corrected chi connectivity index (χ4v) is 6.91. The quantitative estimate of drug-likeness (QED) is 0.190. The number of hydrogen-bond donors (Lipinski definition) is 4. The van der Waals surface area contributed by atoms with Crippen LogP contribution in [0.2, 0.25) is 0 Å². The lowest BCUT2D eigenvalue weighted by atomic mass is 9.82. The Balaban J connectivity index is 1.64. The van der Waals surface area contributed by atoms with E-state index in [-0.39, 0.29) is 30.7 Å². The first-order chi connectivity index (χ1) is 20.0. The first-order valence-electron chi connectivity index (χ1n) is 15.7. The van der Waals surface area contributed by atoms with Gasteiger partial charge in [0.05, 0.1) is 28.2 Å². The number of β-amino-alcohol motifs (C(OH)–C–C–N with tert-alkyl or cyclic N) is 1. The van der Waals surface area contributed by atoms with Crippen molar-refractivity contribution in [3.63, 3.8) is 0 Å². The van der Waals surface area contributed by atoms with Gasteiger partial charge in [-0.3, -0.25) is 9.59 Å². The second-order valence-electron chi connectivity index (χ2n) is 13.1. The van der Waals surface area contributed by atoms with Crippen LogP contribution in [-0.4, -0.2) is 64.1 Å². The number of amides is 2. The first kappa shape index (κ1) is 34.2. The van der Waals surface area contributed by atoms with E-state index in [1.807, 2.05) is 57.5 Å². The van der Waals surface area contributed by atoms with Crippen LogP contribution in [0.1, 0.15) is 96.2 Å². The molecule has 1 aromatic carbocycles. The van der Waals surface area contributed by atoms with E-state index in [2.05, 4.69) is 10.3 Å². The largest absolute Gasteiger partial charge is 0.391 e. The standard InChI is InChI=1S/C33H53N5O3S/c1-24-28(42-23-37-24)26-16-14-25(15-17-26)20-33(31(35)41)21-27(39)22-38(33)30(40)29(32(2,3)4)36-19-13-11-9-7-5-6-8-10-12-18-34/h14-17,23,27,29,36,39H,5-13,18-22,34H2,1-4H3,(H2,35,41). The molecule has 9 heteroatoms. The number of thiazole rings is 1. The van der Waals surface area contributed by atoms with E-state index in [0.29, 0.717) is 0 Å². The van der Waals surface area contributed by atoms with Gasteiger partial charge in [0.1, 0.15) is 5.54 Å². The molecule has 2 aromatic rings. The fraction of sp³-hybridized carbons (Fsp3) is 0.667. The van der Waals surface area contributed by atoms with Gasteiger partial charge in [-0.2, -0.15) is 0 Å². The molecule has 1 saturated heterocycles. The molecule has 234 valence electrons. The highest BCUT2D eigenvalue weighted by Gasteiger charge is 2.54. The van der Waals surface area contributed by atoms with Crippen molar-refractivity contribution in [2.45, 2.75) is 116 Å². The average molecular weight is 600 g/mol. The molecule has 2 amide bonds. The molecule has 0 bridgehead atoms. The third-order valence-electron chi connectivity index (χ3n) is 8.51. The minimum absolute atomic E-state index is 0.0967. The van der Waals surface area contributed by atoms with Crippen LogP contribution < -0.4 is 16.8 Å². The van der Waals surface area contributed by atoms with Crippen LogP contribution in [0, 0.1) is 12.3 Å². The van der Waals surface area contributed by atoms with Crippen LogP contribution in [-0.2, 0) is 16.0 Å². The number of nitrogens with two attached hydrogens (primary N) is 2. The van der Waals surface area contributed by atoms with Crippen molar-refractivity contribution in [1.82, 2.24) is 15.2 Å². The van der Waals surface area contributed by atoms with Gasteiger partial charge in [-0.15, -0.1) is 11.3 Å². The summed E-state index contributed by atoms with van der Waals surface area (Å²) in [6.07, 6.45) is 10.3. The van der Waals surface area contributed by atoms with Gasteiger partial charge in [0, 0.05) is 19.4 Å². The Morgan fingerprint density at radius 1 is 1.07 bits per heavy atom.